The van der Waals surface area contributed by atoms with Gasteiger partial charge in [0, 0.05) is 38.6 Å². The fourth-order valence-electron chi connectivity index (χ4n) is 4.80. The summed E-state index contributed by atoms with van der Waals surface area (Å²) in [5.74, 6) is 0.555. The molecule has 0 bridgehead atoms. The molecule has 0 aromatic carbocycles. The van der Waals surface area contributed by atoms with Crippen LogP contribution in [0, 0.1) is 5.92 Å². The normalized spacial score (nSPS) is 23.4. The second-order valence-electron chi connectivity index (χ2n) is 8.74. The molecule has 1 heterocycles. The maximum Gasteiger partial charge on any atom is 0.321 e. The Morgan fingerprint density at radius 3 is 2.14 bits per heavy atom. The van der Waals surface area contributed by atoms with Gasteiger partial charge in [-0.1, -0.05) is 32.1 Å². The second-order valence-corrected chi connectivity index (χ2v) is 8.74. The Morgan fingerprint density at radius 2 is 1.50 bits per heavy atom. The van der Waals surface area contributed by atoms with Crippen molar-refractivity contribution < 1.29 is 14.4 Å². The number of urea groups is 1. The van der Waals surface area contributed by atoms with Crippen LogP contribution in [-0.4, -0.2) is 65.9 Å². The monoisotopic (exact) mass is 392 g/mol. The summed E-state index contributed by atoms with van der Waals surface area (Å²) in [5, 5.41) is 5.37. The first kappa shape index (κ1) is 21.1. The van der Waals surface area contributed by atoms with Gasteiger partial charge in [-0.15, -0.1) is 0 Å². The Morgan fingerprint density at radius 1 is 0.893 bits per heavy atom. The maximum atomic E-state index is 12.6. The van der Waals surface area contributed by atoms with E-state index in [1.807, 2.05) is 11.8 Å². The van der Waals surface area contributed by atoms with Crippen LogP contribution in [0.1, 0.15) is 71.1 Å². The lowest BCUT2D eigenvalue weighted by atomic mass is 9.86. The highest BCUT2D eigenvalue weighted by atomic mass is 16.2. The Bertz CT molecular complexity index is 548. The molecule has 2 N–H and O–H groups in total. The highest BCUT2D eigenvalue weighted by Gasteiger charge is 2.29. The third-order valence-corrected chi connectivity index (χ3v) is 6.71. The molecule has 3 aliphatic rings. The first-order chi connectivity index (χ1) is 13.5. The molecule has 7 heteroatoms. The fraction of sp³-hybridized carbons (Fsp3) is 0.857. The van der Waals surface area contributed by atoms with Crippen molar-refractivity contribution in [2.75, 3.05) is 26.2 Å². The SMILES string of the molecule is CC(C(=O)NC(=O)NC1CCCC1)N1CCN(C(=O)CC2CCCCC2)CC1. The van der Waals surface area contributed by atoms with Crippen molar-refractivity contribution in [2.24, 2.45) is 5.92 Å². The number of nitrogens with zero attached hydrogens (tertiary/aromatic N) is 2. The van der Waals surface area contributed by atoms with Gasteiger partial charge in [-0.25, -0.2) is 4.79 Å². The number of piperazine rings is 1. The molecule has 7 nitrogen and oxygen atoms in total. The standard InChI is InChI=1S/C21H36N4O3/c1-16(20(27)23-21(28)22-18-9-5-6-10-18)24-11-13-25(14-12-24)19(26)15-17-7-3-2-4-8-17/h16-18H,2-15H2,1H3,(H2,22,23,27,28). The predicted octanol–water partition coefficient (Wildman–Crippen LogP) is 2.26. The molecule has 158 valence electrons. The van der Waals surface area contributed by atoms with Gasteiger partial charge in [-0.2, -0.15) is 0 Å². The average Bonchev–Trinajstić information content (AvgIpc) is 3.21. The summed E-state index contributed by atoms with van der Waals surface area (Å²) in [6.45, 7) is 4.51. The molecule has 1 saturated heterocycles. The number of hydrogen-bond acceptors (Lipinski definition) is 4. The topological polar surface area (TPSA) is 81.8 Å². The van der Waals surface area contributed by atoms with Crippen LogP contribution in [0.4, 0.5) is 4.79 Å². The molecule has 0 aromatic rings. The molecule has 4 amide bonds. The summed E-state index contributed by atoms with van der Waals surface area (Å²) in [5.41, 5.74) is 0. The molecular weight excluding hydrogens is 356 g/mol. The Hall–Kier alpha value is -1.63. The van der Waals surface area contributed by atoms with E-state index in [9.17, 15) is 14.4 Å². The average molecular weight is 393 g/mol. The van der Waals surface area contributed by atoms with Gasteiger partial charge in [-0.3, -0.25) is 19.8 Å². The van der Waals surface area contributed by atoms with Crippen molar-refractivity contribution in [2.45, 2.75) is 83.2 Å². The largest absolute Gasteiger partial charge is 0.340 e. The second kappa shape index (κ2) is 10.2. The molecular formula is C21H36N4O3. The minimum atomic E-state index is -0.384. The zero-order valence-electron chi connectivity index (χ0n) is 17.3. The first-order valence-electron chi connectivity index (χ1n) is 11.2. The zero-order valence-corrected chi connectivity index (χ0v) is 17.3. The van der Waals surface area contributed by atoms with Crippen LogP contribution >= 0.6 is 0 Å². The van der Waals surface area contributed by atoms with Crippen LogP contribution in [-0.2, 0) is 9.59 Å². The van der Waals surface area contributed by atoms with Crippen LogP contribution in [0.2, 0.25) is 0 Å². The molecule has 1 unspecified atom stereocenters. The lowest BCUT2D eigenvalue weighted by Crippen LogP contribution is -2.56. The van der Waals surface area contributed by atoms with Crippen LogP contribution in [0.15, 0.2) is 0 Å². The number of carbonyl (C=O) groups excluding carboxylic acids is 3. The number of rotatable bonds is 5. The number of imide groups is 1. The quantitative estimate of drug-likeness (QED) is 0.752. The summed E-state index contributed by atoms with van der Waals surface area (Å²) in [6, 6.07) is -0.559. The maximum absolute atomic E-state index is 12.6. The van der Waals surface area contributed by atoms with E-state index in [2.05, 4.69) is 15.5 Å². The van der Waals surface area contributed by atoms with Gasteiger partial charge in [0.25, 0.3) is 0 Å². The van der Waals surface area contributed by atoms with Gasteiger partial charge in [0.2, 0.25) is 11.8 Å². The number of nitrogens with one attached hydrogen (secondary N) is 2. The Balaban J connectivity index is 1.37. The molecule has 3 rings (SSSR count). The van der Waals surface area contributed by atoms with Gasteiger partial charge >= 0.3 is 6.03 Å². The van der Waals surface area contributed by atoms with Gasteiger partial charge in [0.15, 0.2) is 0 Å². The molecule has 28 heavy (non-hydrogen) atoms. The highest BCUT2D eigenvalue weighted by molar-refractivity contribution is 5.96. The Kier molecular flexibility index (Phi) is 7.71. The molecule has 0 radical (unpaired) electrons. The number of carbonyl (C=O) groups is 3. The van der Waals surface area contributed by atoms with E-state index in [1.54, 1.807) is 0 Å². The molecule has 2 saturated carbocycles. The smallest absolute Gasteiger partial charge is 0.321 e. The van der Waals surface area contributed by atoms with E-state index < -0.39 is 0 Å². The van der Waals surface area contributed by atoms with E-state index in [0.717, 1.165) is 25.7 Å². The van der Waals surface area contributed by atoms with Crippen molar-refractivity contribution >= 4 is 17.8 Å². The third kappa shape index (κ3) is 5.93. The predicted molar refractivity (Wildman–Crippen MR) is 108 cm³/mol. The van der Waals surface area contributed by atoms with Crippen LogP contribution in [0.3, 0.4) is 0 Å². The minimum absolute atomic E-state index is 0.196. The molecule has 1 aliphatic heterocycles. The fourth-order valence-corrected chi connectivity index (χ4v) is 4.80. The first-order valence-corrected chi connectivity index (χ1v) is 11.2. The Labute approximate surface area is 168 Å². The number of hydrogen-bond donors (Lipinski definition) is 2. The number of amides is 4. The molecule has 3 fully saturated rings. The van der Waals surface area contributed by atoms with Crippen molar-refractivity contribution in [3.05, 3.63) is 0 Å². The van der Waals surface area contributed by atoms with Crippen LogP contribution in [0.5, 0.6) is 0 Å². The minimum Gasteiger partial charge on any atom is -0.340 e. The van der Waals surface area contributed by atoms with E-state index in [1.165, 1.54) is 32.1 Å². The van der Waals surface area contributed by atoms with Gasteiger partial charge < -0.3 is 10.2 Å². The summed E-state index contributed by atoms with van der Waals surface area (Å²) >= 11 is 0. The van der Waals surface area contributed by atoms with Crippen molar-refractivity contribution in [3.63, 3.8) is 0 Å². The molecule has 1 atom stereocenters. The molecule has 0 spiro atoms. The zero-order chi connectivity index (χ0) is 19.9. The molecule has 2 aliphatic carbocycles. The van der Waals surface area contributed by atoms with Crippen molar-refractivity contribution in [1.82, 2.24) is 20.4 Å². The summed E-state index contributed by atoms with van der Waals surface area (Å²) < 4.78 is 0. The highest BCUT2D eigenvalue weighted by Crippen LogP contribution is 2.27. The summed E-state index contributed by atoms with van der Waals surface area (Å²) in [7, 11) is 0. The van der Waals surface area contributed by atoms with Crippen LogP contribution in [0.25, 0.3) is 0 Å². The molecule has 0 aromatic heterocycles. The van der Waals surface area contributed by atoms with E-state index in [-0.39, 0.29) is 29.9 Å². The van der Waals surface area contributed by atoms with E-state index in [0.29, 0.717) is 38.5 Å². The van der Waals surface area contributed by atoms with Crippen molar-refractivity contribution in [3.8, 4) is 0 Å². The van der Waals surface area contributed by atoms with Gasteiger partial charge in [0.1, 0.15) is 0 Å². The van der Waals surface area contributed by atoms with Crippen LogP contribution < -0.4 is 10.6 Å². The van der Waals surface area contributed by atoms with E-state index in [4.69, 9.17) is 0 Å². The van der Waals surface area contributed by atoms with Gasteiger partial charge in [-0.05, 0) is 38.5 Å². The van der Waals surface area contributed by atoms with Crippen molar-refractivity contribution in [1.29, 1.82) is 0 Å². The third-order valence-electron chi connectivity index (χ3n) is 6.71. The van der Waals surface area contributed by atoms with Gasteiger partial charge in [0.05, 0.1) is 6.04 Å². The lowest BCUT2D eigenvalue weighted by Gasteiger charge is -2.38. The lowest BCUT2D eigenvalue weighted by molar-refractivity contribution is -0.135. The summed E-state index contributed by atoms with van der Waals surface area (Å²) in [4.78, 5) is 41.0. The van der Waals surface area contributed by atoms with E-state index >= 15 is 0 Å². The summed E-state index contributed by atoms with van der Waals surface area (Å²) in [6.07, 6.45) is 11.1.